The van der Waals surface area contributed by atoms with Gasteiger partial charge in [0, 0.05) is 25.5 Å². The zero-order chi connectivity index (χ0) is 21.5. The van der Waals surface area contributed by atoms with Gasteiger partial charge >= 0.3 is 0 Å². The summed E-state index contributed by atoms with van der Waals surface area (Å²) in [5.41, 5.74) is 1.02. The molecule has 2 amide bonds. The maximum absolute atomic E-state index is 12.3. The van der Waals surface area contributed by atoms with Crippen LogP contribution in [0.25, 0.3) is 6.08 Å². The van der Waals surface area contributed by atoms with E-state index in [4.69, 9.17) is 9.47 Å². The first-order chi connectivity index (χ1) is 14.5. The predicted molar refractivity (Wildman–Crippen MR) is 114 cm³/mol. The molecule has 0 saturated carbocycles. The fourth-order valence-corrected chi connectivity index (χ4v) is 3.85. The summed E-state index contributed by atoms with van der Waals surface area (Å²) in [4.78, 5) is 30.4. The molecule has 1 saturated heterocycles. The molecule has 1 aromatic carbocycles. The van der Waals surface area contributed by atoms with Crippen molar-refractivity contribution in [2.75, 3.05) is 25.2 Å². The number of methoxy groups -OCH3 is 1. The minimum absolute atomic E-state index is 0.00612. The number of rotatable bonds is 7. The molecule has 0 radical (unpaired) electrons. The number of anilines is 2. The Morgan fingerprint density at radius 1 is 1.43 bits per heavy atom. The number of nitriles is 1. The summed E-state index contributed by atoms with van der Waals surface area (Å²) >= 11 is 1.25. The Labute approximate surface area is 178 Å². The number of benzene rings is 1. The second-order valence-corrected chi connectivity index (χ2v) is 7.46. The first kappa shape index (κ1) is 21.5. The summed E-state index contributed by atoms with van der Waals surface area (Å²) in [6, 6.07) is 8.94. The average molecular weight is 426 g/mol. The molecule has 9 heteroatoms. The Morgan fingerprint density at radius 2 is 2.20 bits per heavy atom. The second kappa shape index (κ2) is 10.0. The molecular formula is C21H22N4O4S. The lowest BCUT2D eigenvalue weighted by molar-refractivity contribution is -0.117. The number of ether oxygens (including phenoxy) is 2. The maximum atomic E-state index is 12.3. The molecule has 0 bridgehead atoms. The summed E-state index contributed by atoms with van der Waals surface area (Å²) in [6.45, 7) is 2.51. The molecular weight excluding hydrogens is 404 g/mol. The van der Waals surface area contributed by atoms with Crippen LogP contribution in [0.5, 0.6) is 5.75 Å². The number of nitrogens with one attached hydrogen (secondary N) is 1. The summed E-state index contributed by atoms with van der Waals surface area (Å²) < 4.78 is 10.6. The number of amides is 2. The SMILES string of the molecule is COc1ccc(N(C(C)=O)c2nc(/C=C(\C#N)C(=O)NCC3CCCO3)cs2)cc1. The Hall–Kier alpha value is -3.22. The van der Waals surface area contributed by atoms with E-state index >= 15 is 0 Å². The normalized spacial score (nSPS) is 16.0. The zero-order valence-electron chi connectivity index (χ0n) is 16.8. The molecule has 1 N–H and O–H groups in total. The lowest BCUT2D eigenvalue weighted by Gasteiger charge is -2.18. The van der Waals surface area contributed by atoms with Crippen molar-refractivity contribution in [3.05, 3.63) is 40.9 Å². The van der Waals surface area contributed by atoms with Crippen molar-refractivity contribution in [2.24, 2.45) is 0 Å². The van der Waals surface area contributed by atoms with E-state index in [2.05, 4.69) is 10.3 Å². The van der Waals surface area contributed by atoms with Crippen LogP contribution >= 0.6 is 11.3 Å². The molecule has 156 valence electrons. The Bertz CT molecular complexity index is 972. The van der Waals surface area contributed by atoms with E-state index < -0.39 is 5.91 Å². The molecule has 0 spiro atoms. The number of hydrogen-bond donors (Lipinski definition) is 1. The third-order valence-corrected chi connectivity index (χ3v) is 5.36. The van der Waals surface area contributed by atoms with Crippen LogP contribution < -0.4 is 15.0 Å². The number of thiazole rings is 1. The third-order valence-electron chi connectivity index (χ3n) is 4.52. The van der Waals surface area contributed by atoms with Gasteiger partial charge in [-0.05, 0) is 43.2 Å². The van der Waals surface area contributed by atoms with Crippen molar-refractivity contribution < 1.29 is 19.1 Å². The number of carbonyl (C=O) groups is 2. The van der Waals surface area contributed by atoms with Gasteiger partial charge in [0.25, 0.3) is 5.91 Å². The smallest absolute Gasteiger partial charge is 0.262 e. The molecule has 1 fully saturated rings. The van der Waals surface area contributed by atoms with Gasteiger partial charge in [-0.1, -0.05) is 0 Å². The van der Waals surface area contributed by atoms with Crippen LogP contribution in [0, 0.1) is 11.3 Å². The van der Waals surface area contributed by atoms with E-state index in [0.717, 1.165) is 12.8 Å². The lowest BCUT2D eigenvalue weighted by Crippen LogP contribution is -2.32. The first-order valence-corrected chi connectivity index (χ1v) is 10.3. The van der Waals surface area contributed by atoms with Crippen LogP contribution in [0.2, 0.25) is 0 Å². The molecule has 3 rings (SSSR count). The van der Waals surface area contributed by atoms with Gasteiger partial charge < -0.3 is 14.8 Å². The quantitative estimate of drug-likeness (QED) is 0.539. The van der Waals surface area contributed by atoms with Crippen LogP contribution in [-0.2, 0) is 14.3 Å². The van der Waals surface area contributed by atoms with Crippen molar-refractivity contribution >= 4 is 40.0 Å². The third kappa shape index (κ3) is 5.23. The van der Waals surface area contributed by atoms with Gasteiger partial charge in [0.15, 0.2) is 5.13 Å². The fourth-order valence-electron chi connectivity index (χ4n) is 3.01. The zero-order valence-corrected chi connectivity index (χ0v) is 17.6. The molecule has 1 aliphatic heterocycles. The van der Waals surface area contributed by atoms with Crippen LogP contribution in [0.3, 0.4) is 0 Å². The highest BCUT2D eigenvalue weighted by Crippen LogP contribution is 2.30. The van der Waals surface area contributed by atoms with Crippen molar-refractivity contribution in [1.82, 2.24) is 10.3 Å². The van der Waals surface area contributed by atoms with Gasteiger partial charge in [0.1, 0.15) is 17.4 Å². The maximum Gasteiger partial charge on any atom is 0.262 e. The summed E-state index contributed by atoms with van der Waals surface area (Å²) in [5, 5.41) is 14.2. The van der Waals surface area contributed by atoms with Gasteiger partial charge in [-0.2, -0.15) is 5.26 Å². The van der Waals surface area contributed by atoms with Gasteiger partial charge in [-0.15, -0.1) is 11.3 Å². The molecule has 1 unspecified atom stereocenters. The van der Waals surface area contributed by atoms with E-state index in [9.17, 15) is 14.9 Å². The van der Waals surface area contributed by atoms with E-state index in [-0.39, 0.29) is 17.6 Å². The van der Waals surface area contributed by atoms with E-state index in [1.807, 2.05) is 6.07 Å². The monoisotopic (exact) mass is 426 g/mol. The van der Waals surface area contributed by atoms with E-state index in [1.165, 1.54) is 29.2 Å². The van der Waals surface area contributed by atoms with Crippen LogP contribution in [0.1, 0.15) is 25.5 Å². The minimum atomic E-state index is -0.471. The van der Waals surface area contributed by atoms with Crippen LogP contribution in [-0.4, -0.2) is 43.2 Å². The second-order valence-electron chi connectivity index (χ2n) is 6.62. The van der Waals surface area contributed by atoms with Gasteiger partial charge in [0.2, 0.25) is 5.91 Å². The van der Waals surface area contributed by atoms with Crippen LogP contribution in [0.15, 0.2) is 35.2 Å². The topological polar surface area (TPSA) is 105 Å². The highest BCUT2D eigenvalue weighted by atomic mass is 32.1. The summed E-state index contributed by atoms with van der Waals surface area (Å²) in [6.07, 6.45) is 3.28. The number of nitrogens with zero attached hydrogens (tertiary/aromatic N) is 3. The molecule has 8 nitrogen and oxygen atoms in total. The molecule has 2 heterocycles. The van der Waals surface area contributed by atoms with Crippen LogP contribution in [0.4, 0.5) is 10.8 Å². The highest BCUT2D eigenvalue weighted by molar-refractivity contribution is 7.14. The number of hydrogen-bond acceptors (Lipinski definition) is 7. The lowest BCUT2D eigenvalue weighted by atomic mass is 10.2. The molecule has 30 heavy (non-hydrogen) atoms. The van der Waals surface area contributed by atoms with Crippen molar-refractivity contribution in [1.29, 1.82) is 5.26 Å². The van der Waals surface area contributed by atoms with E-state index in [1.54, 1.807) is 36.8 Å². The predicted octanol–water partition coefficient (Wildman–Crippen LogP) is 3.04. The number of carbonyl (C=O) groups excluding carboxylic acids is 2. The van der Waals surface area contributed by atoms with Gasteiger partial charge in [-0.3, -0.25) is 14.5 Å². The Morgan fingerprint density at radius 3 is 2.80 bits per heavy atom. The fraction of sp³-hybridized carbons (Fsp3) is 0.333. The molecule has 2 aromatic rings. The first-order valence-electron chi connectivity index (χ1n) is 9.43. The van der Waals surface area contributed by atoms with Crippen molar-refractivity contribution in [3.63, 3.8) is 0 Å². The van der Waals surface area contributed by atoms with Gasteiger partial charge in [-0.25, -0.2) is 4.98 Å². The number of aromatic nitrogens is 1. The highest BCUT2D eigenvalue weighted by Gasteiger charge is 2.20. The molecule has 0 aliphatic carbocycles. The molecule has 1 aromatic heterocycles. The van der Waals surface area contributed by atoms with Gasteiger partial charge in [0.05, 0.1) is 24.6 Å². The Kier molecular flexibility index (Phi) is 7.17. The Balaban J connectivity index is 1.75. The summed E-state index contributed by atoms with van der Waals surface area (Å²) in [7, 11) is 1.57. The molecule has 1 aliphatic rings. The van der Waals surface area contributed by atoms with Crippen molar-refractivity contribution in [2.45, 2.75) is 25.9 Å². The standard InChI is InChI=1S/C21H22N4O4S/c1-14(26)25(17-5-7-18(28-2)8-6-17)21-24-16(13-30-21)10-15(11-22)20(27)23-12-19-4-3-9-29-19/h5-8,10,13,19H,3-4,9,12H2,1-2H3,(H,23,27)/b15-10+. The average Bonchev–Trinajstić information content (AvgIpc) is 3.43. The summed E-state index contributed by atoms with van der Waals surface area (Å²) in [5.74, 6) is -0.00122. The van der Waals surface area contributed by atoms with Crippen molar-refractivity contribution in [3.8, 4) is 11.8 Å². The largest absolute Gasteiger partial charge is 0.497 e. The van der Waals surface area contributed by atoms with E-state index in [0.29, 0.717) is 35.4 Å². The molecule has 1 atom stereocenters. The minimum Gasteiger partial charge on any atom is -0.497 e.